The SMILES string of the molecule is CCC(C)C(=O)NC(C)(CCl)CCl. The highest BCUT2D eigenvalue weighted by molar-refractivity contribution is 6.22. The third kappa shape index (κ3) is 4.19. The number of carbonyl (C=O) groups is 1. The summed E-state index contributed by atoms with van der Waals surface area (Å²) in [6.07, 6.45) is 0.826. The number of rotatable bonds is 5. The van der Waals surface area contributed by atoms with Crippen LogP contribution in [-0.2, 0) is 4.79 Å². The fraction of sp³-hybridized carbons (Fsp3) is 0.889. The zero-order valence-corrected chi connectivity index (χ0v) is 9.87. The van der Waals surface area contributed by atoms with Crippen molar-refractivity contribution in [3.63, 3.8) is 0 Å². The van der Waals surface area contributed by atoms with Crippen molar-refractivity contribution < 1.29 is 4.79 Å². The standard InChI is InChI=1S/C9H17Cl2NO/c1-4-7(2)8(13)12-9(3,5-10)6-11/h7H,4-6H2,1-3H3,(H,12,13). The number of alkyl halides is 2. The Hall–Kier alpha value is 0.0500. The van der Waals surface area contributed by atoms with Crippen LogP contribution in [0.25, 0.3) is 0 Å². The van der Waals surface area contributed by atoms with Gasteiger partial charge < -0.3 is 5.32 Å². The molecule has 0 aromatic rings. The van der Waals surface area contributed by atoms with Gasteiger partial charge in [0.15, 0.2) is 0 Å². The van der Waals surface area contributed by atoms with Gasteiger partial charge in [0.2, 0.25) is 5.91 Å². The summed E-state index contributed by atoms with van der Waals surface area (Å²) in [6.45, 7) is 5.70. The molecule has 0 radical (unpaired) electrons. The van der Waals surface area contributed by atoms with E-state index in [2.05, 4.69) is 5.32 Å². The number of hydrogen-bond donors (Lipinski definition) is 1. The largest absolute Gasteiger partial charge is 0.348 e. The van der Waals surface area contributed by atoms with Crippen molar-refractivity contribution in [1.29, 1.82) is 0 Å². The molecule has 2 nitrogen and oxygen atoms in total. The van der Waals surface area contributed by atoms with E-state index in [9.17, 15) is 4.79 Å². The van der Waals surface area contributed by atoms with Crippen LogP contribution in [0.15, 0.2) is 0 Å². The van der Waals surface area contributed by atoms with Gasteiger partial charge in [0, 0.05) is 17.7 Å². The van der Waals surface area contributed by atoms with E-state index >= 15 is 0 Å². The van der Waals surface area contributed by atoms with E-state index in [1.807, 2.05) is 20.8 Å². The number of amides is 1. The van der Waals surface area contributed by atoms with E-state index in [0.29, 0.717) is 11.8 Å². The number of carbonyl (C=O) groups excluding carboxylic acids is 1. The van der Waals surface area contributed by atoms with Crippen molar-refractivity contribution in [2.45, 2.75) is 32.7 Å². The molecule has 1 atom stereocenters. The maximum atomic E-state index is 11.5. The Labute approximate surface area is 90.0 Å². The van der Waals surface area contributed by atoms with E-state index in [-0.39, 0.29) is 11.8 Å². The molecular formula is C9H17Cl2NO. The monoisotopic (exact) mass is 225 g/mol. The average Bonchev–Trinajstić information content (AvgIpc) is 2.16. The Balaban J connectivity index is 4.17. The molecule has 0 rings (SSSR count). The lowest BCUT2D eigenvalue weighted by atomic mass is 10.0. The van der Waals surface area contributed by atoms with Gasteiger partial charge in [-0.2, -0.15) is 0 Å². The van der Waals surface area contributed by atoms with Crippen molar-refractivity contribution >= 4 is 29.1 Å². The molecule has 4 heteroatoms. The molecule has 0 heterocycles. The van der Waals surface area contributed by atoms with E-state index in [4.69, 9.17) is 23.2 Å². The second kappa shape index (κ2) is 5.71. The van der Waals surface area contributed by atoms with Crippen LogP contribution in [0.1, 0.15) is 27.2 Å². The van der Waals surface area contributed by atoms with Crippen molar-refractivity contribution in [3.8, 4) is 0 Å². The minimum atomic E-state index is -0.483. The lowest BCUT2D eigenvalue weighted by Crippen LogP contribution is -2.50. The highest BCUT2D eigenvalue weighted by Crippen LogP contribution is 2.11. The lowest BCUT2D eigenvalue weighted by molar-refractivity contribution is -0.125. The molecule has 0 aliphatic rings. The van der Waals surface area contributed by atoms with Crippen molar-refractivity contribution in [1.82, 2.24) is 5.32 Å². The number of nitrogens with one attached hydrogen (secondary N) is 1. The smallest absolute Gasteiger partial charge is 0.223 e. The van der Waals surface area contributed by atoms with Gasteiger partial charge in [-0.25, -0.2) is 0 Å². The van der Waals surface area contributed by atoms with Crippen LogP contribution in [0.4, 0.5) is 0 Å². The van der Waals surface area contributed by atoms with Gasteiger partial charge in [-0.1, -0.05) is 13.8 Å². The topological polar surface area (TPSA) is 29.1 Å². The van der Waals surface area contributed by atoms with E-state index in [1.54, 1.807) is 0 Å². The summed E-state index contributed by atoms with van der Waals surface area (Å²) in [4.78, 5) is 11.5. The Morgan fingerprint density at radius 3 is 2.23 bits per heavy atom. The van der Waals surface area contributed by atoms with Crippen molar-refractivity contribution in [2.24, 2.45) is 5.92 Å². The summed E-state index contributed by atoms with van der Waals surface area (Å²) >= 11 is 11.4. The second-order valence-electron chi connectivity index (χ2n) is 3.63. The molecule has 0 aromatic heterocycles. The Morgan fingerprint density at radius 1 is 1.46 bits per heavy atom. The summed E-state index contributed by atoms with van der Waals surface area (Å²) in [7, 11) is 0. The Kier molecular flexibility index (Phi) is 5.73. The predicted molar refractivity (Wildman–Crippen MR) is 57.4 cm³/mol. The van der Waals surface area contributed by atoms with Crippen molar-refractivity contribution in [2.75, 3.05) is 11.8 Å². The van der Waals surface area contributed by atoms with Gasteiger partial charge in [0.1, 0.15) is 0 Å². The van der Waals surface area contributed by atoms with Crippen molar-refractivity contribution in [3.05, 3.63) is 0 Å². The van der Waals surface area contributed by atoms with Crippen LogP contribution < -0.4 is 5.32 Å². The van der Waals surface area contributed by atoms with Gasteiger partial charge in [-0.15, -0.1) is 23.2 Å². The predicted octanol–water partition coefficient (Wildman–Crippen LogP) is 2.39. The van der Waals surface area contributed by atoms with Crippen LogP contribution >= 0.6 is 23.2 Å². The summed E-state index contributed by atoms with van der Waals surface area (Å²) in [6, 6.07) is 0. The van der Waals surface area contributed by atoms with Crippen LogP contribution in [0.2, 0.25) is 0 Å². The molecule has 0 bridgehead atoms. The fourth-order valence-electron chi connectivity index (χ4n) is 0.709. The van der Waals surface area contributed by atoms with Crippen LogP contribution in [0, 0.1) is 5.92 Å². The lowest BCUT2D eigenvalue weighted by Gasteiger charge is -2.27. The molecule has 13 heavy (non-hydrogen) atoms. The minimum absolute atomic E-state index is 0.0192. The molecule has 1 amide bonds. The zero-order valence-electron chi connectivity index (χ0n) is 8.36. The molecule has 78 valence electrons. The zero-order chi connectivity index (χ0) is 10.5. The van der Waals surface area contributed by atoms with Crippen LogP contribution in [0.5, 0.6) is 0 Å². The molecule has 1 unspecified atom stereocenters. The summed E-state index contributed by atoms with van der Waals surface area (Å²) in [5.74, 6) is 0.703. The Bertz CT molecular complexity index is 169. The molecule has 0 saturated heterocycles. The average molecular weight is 226 g/mol. The maximum absolute atomic E-state index is 11.5. The van der Waals surface area contributed by atoms with Gasteiger partial charge in [0.05, 0.1) is 5.54 Å². The molecule has 0 saturated carbocycles. The Morgan fingerprint density at radius 2 is 1.92 bits per heavy atom. The van der Waals surface area contributed by atoms with Gasteiger partial charge in [-0.05, 0) is 13.3 Å². The molecule has 0 aromatic carbocycles. The third-order valence-corrected chi connectivity index (χ3v) is 3.25. The minimum Gasteiger partial charge on any atom is -0.348 e. The molecule has 0 spiro atoms. The molecule has 0 fully saturated rings. The first kappa shape index (κ1) is 13.1. The molecule has 1 N–H and O–H groups in total. The fourth-order valence-corrected chi connectivity index (χ4v) is 1.13. The third-order valence-electron chi connectivity index (χ3n) is 2.07. The second-order valence-corrected chi connectivity index (χ2v) is 4.16. The van der Waals surface area contributed by atoms with E-state index < -0.39 is 5.54 Å². The van der Waals surface area contributed by atoms with E-state index in [0.717, 1.165) is 6.42 Å². The maximum Gasteiger partial charge on any atom is 0.223 e. The quantitative estimate of drug-likeness (QED) is 0.716. The van der Waals surface area contributed by atoms with Gasteiger partial charge in [-0.3, -0.25) is 4.79 Å². The highest BCUT2D eigenvalue weighted by atomic mass is 35.5. The first-order valence-electron chi connectivity index (χ1n) is 4.43. The summed E-state index contributed by atoms with van der Waals surface area (Å²) < 4.78 is 0. The number of hydrogen-bond acceptors (Lipinski definition) is 1. The van der Waals surface area contributed by atoms with Gasteiger partial charge in [0.25, 0.3) is 0 Å². The molecule has 0 aliphatic carbocycles. The first-order valence-corrected chi connectivity index (χ1v) is 5.50. The van der Waals surface area contributed by atoms with Gasteiger partial charge >= 0.3 is 0 Å². The van der Waals surface area contributed by atoms with Crippen LogP contribution in [-0.4, -0.2) is 23.2 Å². The van der Waals surface area contributed by atoms with E-state index in [1.165, 1.54) is 0 Å². The molecular weight excluding hydrogens is 209 g/mol. The molecule has 0 aliphatic heterocycles. The number of halogens is 2. The summed E-state index contributed by atoms with van der Waals surface area (Å²) in [5, 5.41) is 2.84. The van der Waals surface area contributed by atoms with Crippen LogP contribution in [0.3, 0.4) is 0 Å². The first-order chi connectivity index (χ1) is 5.99. The summed E-state index contributed by atoms with van der Waals surface area (Å²) in [5.41, 5.74) is -0.483. The highest BCUT2D eigenvalue weighted by Gasteiger charge is 2.25. The normalized spacial score (nSPS) is 13.9.